The second-order valence-corrected chi connectivity index (χ2v) is 2.45. The van der Waals surface area contributed by atoms with Crippen molar-refractivity contribution in [3.63, 3.8) is 0 Å². The predicted octanol–water partition coefficient (Wildman–Crippen LogP) is 1.17. The SMILES string of the molecule is C=CC(=NCC)N(C)CCOC. The normalized spacial score (nSPS) is 11.4. The van der Waals surface area contributed by atoms with Gasteiger partial charge < -0.3 is 9.64 Å². The monoisotopic (exact) mass is 170 g/mol. The minimum Gasteiger partial charge on any atom is -0.383 e. The van der Waals surface area contributed by atoms with Crippen LogP contribution in [0.3, 0.4) is 0 Å². The van der Waals surface area contributed by atoms with Crippen LogP contribution in [0.15, 0.2) is 17.6 Å². The minimum absolute atomic E-state index is 0.715. The maximum absolute atomic E-state index is 4.95. The van der Waals surface area contributed by atoms with E-state index < -0.39 is 0 Å². The Hall–Kier alpha value is -0.830. The quantitative estimate of drug-likeness (QED) is 0.457. The molecule has 0 aliphatic heterocycles. The van der Waals surface area contributed by atoms with Gasteiger partial charge in [-0.15, -0.1) is 0 Å². The third-order valence-corrected chi connectivity index (χ3v) is 1.52. The molecule has 0 saturated heterocycles. The first-order valence-corrected chi connectivity index (χ1v) is 4.13. The summed E-state index contributed by atoms with van der Waals surface area (Å²) in [5.74, 6) is 0.926. The van der Waals surface area contributed by atoms with Crippen LogP contribution in [-0.4, -0.2) is 44.6 Å². The number of hydrogen-bond donors (Lipinski definition) is 0. The summed E-state index contributed by atoms with van der Waals surface area (Å²) in [6.45, 7) is 8.06. The Balaban J connectivity index is 3.93. The molecule has 0 aromatic rings. The molecule has 0 radical (unpaired) electrons. The maximum atomic E-state index is 4.95. The minimum atomic E-state index is 0.715. The third kappa shape index (κ3) is 4.13. The van der Waals surface area contributed by atoms with Crippen LogP contribution < -0.4 is 0 Å². The van der Waals surface area contributed by atoms with Crippen LogP contribution in [0.1, 0.15) is 6.92 Å². The van der Waals surface area contributed by atoms with E-state index in [0.29, 0.717) is 6.61 Å². The summed E-state index contributed by atoms with van der Waals surface area (Å²) in [5.41, 5.74) is 0. The van der Waals surface area contributed by atoms with Crippen molar-refractivity contribution in [3.05, 3.63) is 12.7 Å². The van der Waals surface area contributed by atoms with E-state index in [0.717, 1.165) is 18.9 Å². The zero-order chi connectivity index (χ0) is 9.40. The number of hydrogen-bond acceptors (Lipinski definition) is 2. The van der Waals surface area contributed by atoms with Crippen LogP contribution in [0.25, 0.3) is 0 Å². The van der Waals surface area contributed by atoms with Crippen molar-refractivity contribution < 1.29 is 4.74 Å². The van der Waals surface area contributed by atoms with E-state index in [1.165, 1.54) is 0 Å². The van der Waals surface area contributed by atoms with Gasteiger partial charge in [-0.2, -0.15) is 0 Å². The highest BCUT2D eigenvalue weighted by atomic mass is 16.5. The fourth-order valence-corrected chi connectivity index (χ4v) is 0.846. The van der Waals surface area contributed by atoms with Crippen LogP contribution in [-0.2, 0) is 4.74 Å². The highest BCUT2D eigenvalue weighted by molar-refractivity contribution is 5.92. The summed E-state index contributed by atoms with van der Waals surface area (Å²) in [6.07, 6.45) is 1.76. The van der Waals surface area contributed by atoms with Gasteiger partial charge in [0.25, 0.3) is 0 Å². The van der Waals surface area contributed by atoms with Gasteiger partial charge in [-0.05, 0) is 13.0 Å². The fraction of sp³-hybridized carbons (Fsp3) is 0.667. The Labute approximate surface area is 74.7 Å². The average molecular weight is 170 g/mol. The van der Waals surface area contributed by atoms with Crippen molar-refractivity contribution in [1.29, 1.82) is 0 Å². The first-order chi connectivity index (χ1) is 5.76. The molecule has 0 saturated carbocycles. The van der Waals surface area contributed by atoms with E-state index in [4.69, 9.17) is 4.74 Å². The van der Waals surface area contributed by atoms with Gasteiger partial charge >= 0.3 is 0 Å². The Bertz CT molecular complexity index is 155. The third-order valence-electron chi connectivity index (χ3n) is 1.52. The lowest BCUT2D eigenvalue weighted by molar-refractivity contribution is 0.183. The predicted molar refractivity (Wildman–Crippen MR) is 52.7 cm³/mol. The van der Waals surface area contributed by atoms with Crippen molar-refractivity contribution in [3.8, 4) is 0 Å². The zero-order valence-electron chi connectivity index (χ0n) is 8.21. The molecule has 70 valence electrons. The molecule has 0 unspecified atom stereocenters. The molecule has 3 heteroatoms. The van der Waals surface area contributed by atoms with E-state index in [1.54, 1.807) is 13.2 Å². The lowest BCUT2D eigenvalue weighted by Crippen LogP contribution is -2.28. The topological polar surface area (TPSA) is 24.8 Å². The van der Waals surface area contributed by atoms with Crippen LogP contribution in [0.5, 0.6) is 0 Å². The number of ether oxygens (including phenoxy) is 1. The molecule has 3 nitrogen and oxygen atoms in total. The summed E-state index contributed by atoms with van der Waals surface area (Å²) >= 11 is 0. The summed E-state index contributed by atoms with van der Waals surface area (Å²) < 4.78 is 4.95. The van der Waals surface area contributed by atoms with Crippen LogP contribution in [0.4, 0.5) is 0 Å². The lowest BCUT2D eigenvalue weighted by atomic mass is 10.4. The molecule has 0 bridgehead atoms. The number of nitrogens with zero attached hydrogens (tertiary/aromatic N) is 2. The first-order valence-electron chi connectivity index (χ1n) is 4.13. The molecule has 0 atom stereocenters. The Morgan fingerprint density at radius 2 is 2.33 bits per heavy atom. The molecule has 0 aromatic carbocycles. The maximum Gasteiger partial charge on any atom is 0.122 e. The first kappa shape index (κ1) is 11.2. The highest BCUT2D eigenvalue weighted by Crippen LogP contribution is 1.89. The van der Waals surface area contributed by atoms with Crippen molar-refractivity contribution in [1.82, 2.24) is 4.90 Å². The van der Waals surface area contributed by atoms with Gasteiger partial charge in [0.1, 0.15) is 5.84 Å². The summed E-state index contributed by atoms with van der Waals surface area (Å²) in [4.78, 5) is 6.29. The molecular weight excluding hydrogens is 152 g/mol. The van der Waals surface area contributed by atoms with Crippen molar-refractivity contribution in [2.24, 2.45) is 4.99 Å². The van der Waals surface area contributed by atoms with Gasteiger partial charge in [0.2, 0.25) is 0 Å². The number of methoxy groups -OCH3 is 1. The van der Waals surface area contributed by atoms with Gasteiger partial charge in [-0.25, -0.2) is 0 Å². The van der Waals surface area contributed by atoms with Crippen molar-refractivity contribution >= 4 is 5.84 Å². The zero-order valence-corrected chi connectivity index (χ0v) is 8.21. The molecule has 0 spiro atoms. The Kier molecular flexibility index (Phi) is 6.38. The highest BCUT2D eigenvalue weighted by Gasteiger charge is 1.99. The molecule has 0 aliphatic carbocycles. The second kappa shape index (κ2) is 6.85. The molecule has 0 heterocycles. The number of aliphatic imine (C=N–C) groups is 1. The van der Waals surface area contributed by atoms with Crippen molar-refractivity contribution in [2.75, 3.05) is 33.9 Å². The van der Waals surface area contributed by atoms with E-state index in [1.807, 2.05) is 18.9 Å². The second-order valence-electron chi connectivity index (χ2n) is 2.45. The molecule has 0 N–H and O–H groups in total. The molecular formula is C9H18N2O. The summed E-state index contributed by atoms with van der Waals surface area (Å²) in [5, 5.41) is 0. The molecule has 0 rings (SSSR count). The van der Waals surface area contributed by atoms with Crippen LogP contribution in [0.2, 0.25) is 0 Å². The molecule has 0 amide bonds. The molecule has 12 heavy (non-hydrogen) atoms. The van der Waals surface area contributed by atoms with Gasteiger partial charge in [-0.3, -0.25) is 4.99 Å². The van der Waals surface area contributed by atoms with E-state index in [-0.39, 0.29) is 0 Å². The fourth-order valence-electron chi connectivity index (χ4n) is 0.846. The van der Waals surface area contributed by atoms with Gasteiger partial charge in [0.05, 0.1) is 6.61 Å². The summed E-state index contributed by atoms with van der Waals surface area (Å²) in [7, 11) is 3.67. The van der Waals surface area contributed by atoms with Gasteiger partial charge in [0.15, 0.2) is 0 Å². The summed E-state index contributed by atoms with van der Waals surface area (Å²) in [6, 6.07) is 0. The molecule has 0 fully saturated rings. The van der Waals surface area contributed by atoms with Crippen LogP contribution in [0, 0.1) is 0 Å². The van der Waals surface area contributed by atoms with Gasteiger partial charge in [-0.1, -0.05) is 6.58 Å². The Morgan fingerprint density at radius 1 is 1.67 bits per heavy atom. The van der Waals surface area contributed by atoms with Crippen molar-refractivity contribution in [2.45, 2.75) is 6.92 Å². The molecule has 0 aliphatic rings. The van der Waals surface area contributed by atoms with Crippen LogP contribution >= 0.6 is 0 Å². The number of amidine groups is 1. The molecule has 0 aromatic heterocycles. The number of likely N-dealkylation sites (N-methyl/N-ethyl adjacent to an activating group) is 1. The van der Waals surface area contributed by atoms with Gasteiger partial charge in [0, 0.05) is 27.2 Å². The Morgan fingerprint density at radius 3 is 2.75 bits per heavy atom. The standard InChI is InChI=1S/C9H18N2O/c1-5-9(10-6-2)11(3)7-8-12-4/h5H,1,6-8H2,2-4H3. The average Bonchev–Trinajstić information content (AvgIpc) is 2.10. The van der Waals surface area contributed by atoms with E-state index in [2.05, 4.69) is 11.6 Å². The smallest absolute Gasteiger partial charge is 0.122 e. The number of rotatable bonds is 5. The lowest BCUT2D eigenvalue weighted by Gasteiger charge is -2.17. The largest absolute Gasteiger partial charge is 0.383 e. The van der Waals surface area contributed by atoms with E-state index >= 15 is 0 Å². The van der Waals surface area contributed by atoms with E-state index in [9.17, 15) is 0 Å².